The van der Waals surface area contributed by atoms with Crippen molar-refractivity contribution >= 4 is 12.0 Å². The van der Waals surface area contributed by atoms with Gasteiger partial charge in [0.2, 0.25) is 0 Å². The van der Waals surface area contributed by atoms with Crippen molar-refractivity contribution < 1.29 is 27.8 Å². The van der Waals surface area contributed by atoms with E-state index in [1.807, 2.05) is 6.07 Å². The molecule has 0 aliphatic heterocycles. The number of carbonyl (C=O) groups is 2. The van der Waals surface area contributed by atoms with Gasteiger partial charge in [-0.2, -0.15) is 0 Å². The van der Waals surface area contributed by atoms with E-state index in [2.05, 4.69) is 10.3 Å². The fourth-order valence-corrected chi connectivity index (χ4v) is 2.56. The Morgan fingerprint density at radius 3 is 2.61 bits per heavy atom. The highest BCUT2D eigenvalue weighted by molar-refractivity contribution is 5.77. The van der Waals surface area contributed by atoms with E-state index in [1.54, 1.807) is 44.1 Å². The Bertz CT molecular complexity index is 873. The zero-order valence-electron chi connectivity index (χ0n) is 17.9. The zero-order chi connectivity index (χ0) is 22.9. The molecular weight excluding hydrogens is 408 g/mol. The molecule has 0 spiro atoms. The quantitative estimate of drug-likeness (QED) is 0.608. The Balaban J connectivity index is 1.80. The average molecular weight is 435 g/mol. The Labute approximate surface area is 180 Å². The second-order valence-electron chi connectivity index (χ2n) is 7.83. The lowest BCUT2D eigenvalue weighted by atomic mass is 10.2. The highest BCUT2D eigenvalue weighted by atomic mass is 19.1. The standard InChI is InChI=1S/C22H27F2N3O4/c1-22(2,3)31-21(29)27(14-16-6-4-9-25-13-16)11-5-10-26-20(28)15-30-19-8-7-17(23)12-18(19)24/h4,6-9,12-13H,5,10-11,14-15H2,1-3H3,(H,26,28). The number of aromatic nitrogens is 1. The molecule has 2 aromatic rings. The molecule has 7 nitrogen and oxygen atoms in total. The monoisotopic (exact) mass is 435 g/mol. The number of nitrogens with one attached hydrogen (secondary N) is 1. The van der Waals surface area contributed by atoms with E-state index in [0.717, 1.165) is 17.7 Å². The van der Waals surface area contributed by atoms with Crippen molar-refractivity contribution in [3.8, 4) is 5.75 Å². The fraction of sp³-hybridized carbons (Fsp3) is 0.409. The molecule has 168 valence electrons. The van der Waals surface area contributed by atoms with Crippen LogP contribution in [0.15, 0.2) is 42.7 Å². The summed E-state index contributed by atoms with van der Waals surface area (Å²) in [6, 6.07) is 6.49. The largest absolute Gasteiger partial charge is 0.481 e. The van der Waals surface area contributed by atoms with Gasteiger partial charge in [0.15, 0.2) is 18.2 Å². The van der Waals surface area contributed by atoms with Gasteiger partial charge in [-0.25, -0.2) is 13.6 Å². The average Bonchev–Trinajstić information content (AvgIpc) is 2.69. The molecule has 1 heterocycles. The molecule has 2 rings (SSSR count). The van der Waals surface area contributed by atoms with Gasteiger partial charge in [-0.05, 0) is 51.0 Å². The summed E-state index contributed by atoms with van der Waals surface area (Å²) in [7, 11) is 0. The Kier molecular flexibility index (Phi) is 8.72. The van der Waals surface area contributed by atoms with Gasteiger partial charge in [0, 0.05) is 31.5 Å². The molecule has 0 bridgehead atoms. The Morgan fingerprint density at radius 1 is 1.19 bits per heavy atom. The highest BCUT2D eigenvalue weighted by Crippen LogP contribution is 2.17. The van der Waals surface area contributed by atoms with Crippen LogP contribution in [0.5, 0.6) is 5.75 Å². The molecule has 1 N–H and O–H groups in total. The van der Waals surface area contributed by atoms with Crippen LogP contribution in [0.25, 0.3) is 0 Å². The smallest absolute Gasteiger partial charge is 0.410 e. The van der Waals surface area contributed by atoms with Crippen LogP contribution in [0.1, 0.15) is 32.8 Å². The molecule has 2 amide bonds. The van der Waals surface area contributed by atoms with Gasteiger partial charge in [0.1, 0.15) is 11.4 Å². The molecule has 9 heteroatoms. The first-order valence-corrected chi connectivity index (χ1v) is 9.85. The van der Waals surface area contributed by atoms with Gasteiger partial charge < -0.3 is 19.7 Å². The van der Waals surface area contributed by atoms with Crippen LogP contribution in [0.4, 0.5) is 13.6 Å². The van der Waals surface area contributed by atoms with Crippen molar-refractivity contribution in [3.63, 3.8) is 0 Å². The maximum atomic E-state index is 13.5. The maximum Gasteiger partial charge on any atom is 0.410 e. The van der Waals surface area contributed by atoms with Crippen LogP contribution >= 0.6 is 0 Å². The lowest BCUT2D eigenvalue weighted by molar-refractivity contribution is -0.123. The predicted octanol–water partition coefficient (Wildman–Crippen LogP) is 3.68. The Hall–Kier alpha value is -3.23. The van der Waals surface area contributed by atoms with E-state index in [1.165, 1.54) is 0 Å². The molecule has 0 saturated heterocycles. The predicted molar refractivity (Wildman–Crippen MR) is 110 cm³/mol. The van der Waals surface area contributed by atoms with E-state index in [9.17, 15) is 18.4 Å². The third-order valence-electron chi connectivity index (χ3n) is 3.93. The molecule has 0 unspecified atom stereocenters. The normalized spacial score (nSPS) is 11.0. The summed E-state index contributed by atoms with van der Waals surface area (Å²) < 4.78 is 36.9. The van der Waals surface area contributed by atoms with Crippen LogP contribution in [-0.4, -0.2) is 47.2 Å². The number of amides is 2. The van der Waals surface area contributed by atoms with Crippen molar-refractivity contribution in [2.45, 2.75) is 39.3 Å². The first-order valence-electron chi connectivity index (χ1n) is 9.85. The van der Waals surface area contributed by atoms with Crippen molar-refractivity contribution in [3.05, 3.63) is 59.9 Å². The summed E-state index contributed by atoms with van der Waals surface area (Å²) in [5.74, 6) is -2.27. The summed E-state index contributed by atoms with van der Waals surface area (Å²) >= 11 is 0. The van der Waals surface area contributed by atoms with Crippen molar-refractivity contribution in [2.24, 2.45) is 0 Å². The van der Waals surface area contributed by atoms with Gasteiger partial charge in [-0.1, -0.05) is 6.07 Å². The van der Waals surface area contributed by atoms with Crippen LogP contribution in [-0.2, 0) is 16.1 Å². The molecule has 0 fully saturated rings. The van der Waals surface area contributed by atoms with Crippen LogP contribution in [0.2, 0.25) is 0 Å². The van der Waals surface area contributed by atoms with E-state index < -0.39 is 35.8 Å². The summed E-state index contributed by atoms with van der Waals surface area (Å²) in [5, 5.41) is 2.64. The van der Waals surface area contributed by atoms with Crippen molar-refractivity contribution in [1.82, 2.24) is 15.2 Å². The number of benzene rings is 1. The first-order chi connectivity index (χ1) is 14.6. The second kappa shape index (κ2) is 11.2. The molecule has 1 aromatic carbocycles. The molecule has 0 aliphatic rings. The molecule has 0 radical (unpaired) electrons. The maximum absolute atomic E-state index is 13.5. The van der Waals surface area contributed by atoms with Crippen molar-refractivity contribution in [1.29, 1.82) is 0 Å². The third-order valence-corrected chi connectivity index (χ3v) is 3.93. The molecular formula is C22H27F2N3O4. The lowest BCUT2D eigenvalue weighted by Crippen LogP contribution is -2.38. The minimum Gasteiger partial charge on any atom is -0.481 e. The minimum atomic E-state index is -0.879. The number of nitrogens with zero attached hydrogens (tertiary/aromatic N) is 2. The molecule has 0 atom stereocenters. The van der Waals surface area contributed by atoms with Gasteiger partial charge in [-0.15, -0.1) is 0 Å². The third kappa shape index (κ3) is 8.98. The summed E-state index contributed by atoms with van der Waals surface area (Å²) in [6.07, 6.45) is 3.33. The van der Waals surface area contributed by atoms with E-state index >= 15 is 0 Å². The Morgan fingerprint density at radius 2 is 1.97 bits per heavy atom. The lowest BCUT2D eigenvalue weighted by Gasteiger charge is -2.27. The van der Waals surface area contributed by atoms with Crippen LogP contribution in [0.3, 0.4) is 0 Å². The number of carbonyl (C=O) groups excluding carboxylic acids is 2. The number of halogens is 2. The number of hydrogen-bond acceptors (Lipinski definition) is 5. The first kappa shape index (κ1) is 24.0. The minimum absolute atomic E-state index is 0.205. The highest BCUT2D eigenvalue weighted by Gasteiger charge is 2.22. The fourth-order valence-electron chi connectivity index (χ4n) is 2.56. The molecule has 0 saturated carbocycles. The van der Waals surface area contributed by atoms with E-state index in [0.29, 0.717) is 25.6 Å². The van der Waals surface area contributed by atoms with Crippen LogP contribution in [0, 0.1) is 11.6 Å². The van der Waals surface area contributed by atoms with E-state index in [-0.39, 0.29) is 12.3 Å². The number of ether oxygens (including phenoxy) is 2. The van der Waals surface area contributed by atoms with Crippen molar-refractivity contribution in [2.75, 3.05) is 19.7 Å². The van der Waals surface area contributed by atoms with Gasteiger partial charge >= 0.3 is 6.09 Å². The second-order valence-corrected chi connectivity index (χ2v) is 7.83. The number of hydrogen-bond donors (Lipinski definition) is 1. The van der Waals surface area contributed by atoms with Gasteiger partial charge in [0.25, 0.3) is 5.91 Å². The molecule has 31 heavy (non-hydrogen) atoms. The summed E-state index contributed by atoms with van der Waals surface area (Å²) in [6.45, 7) is 5.90. The molecule has 0 aliphatic carbocycles. The number of pyridine rings is 1. The van der Waals surface area contributed by atoms with Crippen LogP contribution < -0.4 is 10.1 Å². The zero-order valence-corrected chi connectivity index (χ0v) is 17.9. The number of rotatable bonds is 9. The SMILES string of the molecule is CC(C)(C)OC(=O)N(CCCNC(=O)COc1ccc(F)cc1F)Cc1cccnc1. The summed E-state index contributed by atoms with van der Waals surface area (Å²) in [5.41, 5.74) is 0.220. The van der Waals surface area contributed by atoms with Gasteiger partial charge in [0.05, 0.1) is 6.54 Å². The van der Waals surface area contributed by atoms with Gasteiger partial charge in [-0.3, -0.25) is 9.78 Å². The summed E-state index contributed by atoms with van der Waals surface area (Å²) in [4.78, 5) is 30.0. The molecule has 1 aromatic heterocycles. The topological polar surface area (TPSA) is 80.8 Å². The van der Waals surface area contributed by atoms with E-state index in [4.69, 9.17) is 9.47 Å².